The van der Waals surface area contributed by atoms with E-state index in [9.17, 15) is 8.42 Å². The van der Waals surface area contributed by atoms with Gasteiger partial charge in [-0.1, -0.05) is 48.5 Å². The maximum absolute atomic E-state index is 13.0. The second-order valence-electron chi connectivity index (χ2n) is 5.93. The quantitative estimate of drug-likeness (QED) is 0.868. The molecule has 2 atom stereocenters. The SMILES string of the molecule is Cc1ccccc1S(=O)(=O)N1CC(C)OC(c2ccccc2)C1. The van der Waals surface area contributed by atoms with Crippen LogP contribution >= 0.6 is 0 Å². The number of nitrogens with zero attached hydrogens (tertiary/aromatic N) is 1. The van der Waals surface area contributed by atoms with Gasteiger partial charge in [-0.15, -0.1) is 0 Å². The third-order valence-corrected chi connectivity index (χ3v) is 6.10. The highest BCUT2D eigenvalue weighted by Crippen LogP contribution is 2.29. The van der Waals surface area contributed by atoms with E-state index in [-0.39, 0.29) is 12.2 Å². The molecule has 1 aliphatic heterocycles. The van der Waals surface area contributed by atoms with Crippen LogP contribution in [0.15, 0.2) is 59.5 Å². The summed E-state index contributed by atoms with van der Waals surface area (Å²) in [5, 5.41) is 0. The van der Waals surface area contributed by atoms with Gasteiger partial charge in [-0.05, 0) is 31.0 Å². The van der Waals surface area contributed by atoms with Crippen LogP contribution in [-0.4, -0.2) is 31.9 Å². The predicted octanol–water partition coefficient (Wildman–Crippen LogP) is 3.15. The van der Waals surface area contributed by atoms with Gasteiger partial charge in [0.1, 0.15) is 0 Å². The Hall–Kier alpha value is -1.69. The molecule has 0 spiro atoms. The number of sulfonamides is 1. The molecule has 3 rings (SSSR count). The van der Waals surface area contributed by atoms with E-state index in [2.05, 4.69) is 0 Å². The smallest absolute Gasteiger partial charge is 0.243 e. The Morgan fingerprint density at radius 2 is 1.65 bits per heavy atom. The summed E-state index contributed by atoms with van der Waals surface area (Å²) < 4.78 is 33.5. The van der Waals surface area contributed by atoms with Crippen molar-refractivity contribution in [1.82, 2.24) is 4.31 Å². The Bertz CT molecular complexity index is 774. The molecule has 5 heteroatoms. The summed E-state index contributed by atoms with van der Waals surface area (Å²) in [4.78, 5) is 0.376. The zero-order chi connectivity index (χ0) is 16.4. The first-order valence-electron chi connectivity index (χ1n) is 7.74. The highest BCUT2D eigenvalue weighted by atomic mass is 32.2. The Morgan fingerprint density at radius 3 is 2.35 bits per heavy atom. The molecule has 0 bridgehead atoms. The fraction of sp³-hybridized carbons (Fsp3) is 0.333. The van der Waals surface area contributed by atoms with Crippen LogP contribution in [0.25, 0.3) is 0 Å². The van der Waals surface area contributed by atoms with Gasteiger partial charge in [-0.25, -0.2) is 8.42 Å². The van der Waals surface area contributed by atoms with Crippen LogP contribution in [0.1, 0.15) is 24.2 Å². The van der Waals surface area contributed by atoms with Gasteiger partial charge in [-0.2, -0.15) is 4.31 Å². The van der Waals surface area contributed by atoms with Crippen LogP contribution in [0.2, 0.25) is 0 Å². The molecule has 1 saturated heterocycles. The minimum Gasteiger partial charge on any atom is -0.368 e. The second-order valence-corrected chi connectivity index (χ2v) is 7.84. The standard InChI is InChI=1S/C18H21NO3S/c1-14-8-6-7-11-18(14)23(20,21)19-12-15(2)22-17(13-19)16-9-4-3-5-10-16/h3-11,15,17H,12-13H2,1-2H3. The van der Waals surface area contributed by atoms with Crippen molar-refractivity contribution in [2.75, 3.05) is 13.1 Å². The van der Waals surface area contributed by atoms with E-state index in [4.69, 9.17) is 4.74 Å². The molecule has 2 aromatic rings. The molecular formula is C18H21NO3S. The van der Waals surface area contributed by atoms with Gasteiger partial charge in [-0.3, -0.25) is 0 Å². The van der Waals surface area contributed by atoms with Gasteiger partial charge in [0.15, 0.2) is 0 Å². The first kappa shape index (κ1) is 16.2. The molecule has 2 aromatic carbocycles. The first-order chi connectivity index (χ1) is 11.0. The van der Waals surface area contributed by atoms with Crippen LogP contribution < -0.4 is 0 Å². The van der Waals surface area contributed by atoms with Crippen molar-refractivity contribution in [3.8, 4) is 0 Å². The Balaban J connectivity index is 1.92. The monoisotopic (exact) mass is 331 g/mol. The largest absolute Gasteiger partial charge is 0.368 e. The Morgan fingerprint density at radius 1 is 1.00 bits per heavy atom. The van der Waals surface area contributed by atoms with Crippen molar-refractivity contribution >= 4 is 10.0 Å². The molecule has 1 fully saturated rings. The van der Waals surface area contributed by atoms with Crippen LogP contribution in [-0.2, 0) is 14.8 Å². The van der Waals surface area contributed by atoms with Crippen molar-refractivity contribution in [2.24, 2.45) is 0 Å². The van der Waals surface area contributed by atoms with Gasteiger partial charge in [0.05, 0.1) is 17.1 Å². The summed E-state index contributed by atoms with van der Waals surface area (Å²) in [6.07, 6.45) is -0.383. The number of ether oxygens (including phenoxy) is 1. The fourth-order valence-corrected chi connectivity index (χ4v) is 4.69. The maximum atomic E-state index is 13.0. The summed E-state index contributed by atoms with van der Waals surface area (Å²) in [5.74, 6) is 0. The number of morpholine rings is 1. The number of aryl methyl sites for hydroxylation is 1. The van der Waals surface area contributed by atoms with Gasteiger partial charge >= 0.3 is 0 Å². The molecule has 0 amide bonds. The van der Waals surface area contributed by atoms with E-state index in [1.165, 1.54) is 0 Å². The first-order valence-corrected chi connectivity index (χ1v) is 9.18. The molecule has 1 aliphatic rings. The predicted molar refractivity (Wildman–Crippen MR) is 89.7 cm³/mol. The minimum atomic E-state index is -3.51. The normalized spacial score (nSPS) is 22.9. The fourth-order valence-electron chi connectivity index (χ4n) is 2.95. The third-order valence-electron chi connectivity index (χ3n) is 4.11. The molecule has 0 N–H and O–H groups in total. The van der Waals surface area contributed by atoms with Crippen LogP contribution in [0.3, 0.4) is 0 Å². The molecule has 0 aliphatic carbocycles. The average molecular weight is 331 g/mol. The zero-order valence-electron chi connectivity index (χ0n) is 13.3. The molecule has 0 aromatic heterocycles. The van der Waals surface area contributed by atoms with E-state index in [1.54, 1.807) is 16.4 Å². The van der Waals surface area contributed by atoms with Gasteiger partial charge in [0, 0.05) is 13.1 Å². The molecular weight excluding hydrogens is 310 g/mol. The summed E-state index contributed by atoms with van der Waals surface area (Å²) in [5.41, 5.74) is 1.77. The lowest BCUT2D eigenvalue weighted by Crippen LogP contribution is -2.46. The Labute approximate surface area is 137 Å². The molecule has 1 heterocycles. The van der Waals surface area contributed by atoms with Crippen molar-refractivity contribution in [3.05, 3.63) is 65.7 Å². The van der Waals surface area contributed by atoms with E-state index in [0.717, 1.165) is 11.1 Å². The topological polar surface area (TPSA) is 46.6 Å². The molecule has 0 saturated carbocycles. The summed E-state index contributed by atoms with van der Waals surface area (Å²) in [6, 6.07) is 16.9. The molecule has 2 unspecified atom stereocenters. The van der Waals surface area contributed by atoms with Crippen molar-refractivity contribution in [3.63, 3.8) is 0 Å². The average Bonchev–Trinajstić information content (AvgIpc) is 2.55. The van der Waals surface area contributed by atoms with Gasteiger partial charge in [0.25, 0.3) is 0 Å². The lowest BCUT2D eigenvalue weighted by atomic mass is 10.1. The number of rotatable bonds is 3. The van der Waals surface area contributed by atoms with Gasteiger partial charge in [0.2, 0.25) is 10.0 Å². The van der Waals surface area contributed by atoms with Crippen LogP contribution in [0.4, 0.5) is 0 Å². The van der Waals surface area contributed by atoms with Crippen molar-refractivity contribution in [2.45, 2.75) is 31.0 Å². The number of hydrogen-bond acceptors (Lipinski definition) is 3. The molecule has 0 radical (unpaired) electrons. The number of hydrogen-bond donors (Lipinski definition) is 0. The van der Waals surface area contributed by atoms with Crippen LogP contribution in [0, 0.1) is 6.92 Å². The van der Waals surface area contributed by atoms with Crippen molar-refractivity contribution < 1.29 is 13.2 Å². The lowest BCUT2D eigenvalue weighted by Gasteiger charge is -2.36. The van der Waals surface area contributed by atoms with Crippen molar-refractivity contribution in [1.29, 1.82) is 0 Å². The molecule has 23 heavy (non-hydrogen) atoms. The second kappa shape index (κ2) is 6.43. The van der Waals surface area contributed by atoms with E-state index in [0.29, 0.717) is 18.0 Å². The highest BCUT2D eigenvalue weighted by Gasteiger charge is 2.34. The van der Waals surface area contributed by atoms with E-state index < -0.39 is 10.0 Å². The highest BCUT2D eigenvalue weighted by molar-refractivity contribution is 7.89. The lowest BCUT2D eigenvalue weighted by molar-refractivity contribution is -0.0557. The van der Waals surface area contributed by atoms with E-state index >= 15 is 0 Å². The third kappa shape index (κ3) is 3.32. The summed E-state index contributed by atoms with van der Waals surface area (Å²) in [6.45, 7) is 4.45. The summed E-state index contributed by atoms with van der Waals surface area (Å²) >= 11 is 0. The number of benzene rings is 2. The minimum absolute atomic E-state index is 0.146. The summed E-state index contributed by atoms with van der Waals surface area (Å²) in [7, 11) is -3.51. The van der Waals surface area contributed by atoms with Crippen LogP contribution in [0.5, 0.6) is 0 Å². The van der Waals surface area contributed by atoms with Gasteiger partial charge < -0.3 is 4.74 Å². The zero-order valence-corrected chi connectivity index (χ0v) is 14.2. The van der Waals surface area contributed by atoms with E-state index in [1.807, 2.05) is 56.3 Å². The molecule has 4 nitrogen and oxygen atoms in total. The molecule has 122 valence electrons. The Kier molecular flexibility index (Phi) is 4.53. The maximum Gasteiger partial charge on any atom is 0.243 e.